The fourth-order valence-corrected chi connectivity index (χ4v) is 3.53. The highest BCUT2D eigenvalue weighted by Crippen LogP contribution is 2.41. The second kappa shape index (κ2) is 7.26. The summed E-state index contributed by atoms with van der Waals surface area (Å²) in [6, 6.07) is 13.2. The van der Waals surface area contributed by atoms with Gasteiger partial charge in [-0.15, -0.1) is 0 Å². The molecule has 1 aromatic heterocycles. The van der Waals surface area contributed by atoms with Gasteiger partial charge in [0.2, 0.25) is 5.91 Å². The molecule has 7 heteroatoms. The number of aromatic nitrogens is 2. The third-order valence-corrected chi connectivity index (χ3v) is 4.92. The summed E-state index contributed by atoms with van der Waals surface area (Å²) >= 11 is 0. The van der Waals surface area contributed by atoms with Gasteiger partial charge in [0.15, 0.2) is 0 Å². The van der Waals surface area contributed by atoms with Crippen LogP contribution >= 0.6 is 0 Å². The summed E-state index contributed by atoms with van der Waals surface area (Å²) < 4.78 is 18.0. The van der Waals surface area contributed by atoms with Crippen molar-refractivity contribution in [2.75, 3.05) is 26.6 Å². The van der Waals surface area contributed by atoms with Gasteiger partial charge in [0.1, 0.15) is 29.4 Å². The van der Waals surface area contributed by atoms with Crippen molar-refractivity contribution >= 4 is 11.7 Å². The Bertz CT molecular complexity index is 1030. The van der Waals surface area contributed by atoms with Gasteiger partial charge in [-0.05, 0) is 18.2 Å². The van der Waals surface area contributed by atoms with Gasteiger partial charge in [0.25, 0.3) is 0 Å². The van der Waals surface area contributed by atoms with Crippen molar-refractivity contribution in [2.45, 2.75) is 12.3 Å². The third-order valence-electron chi connectivity index (χ3n) is 4.92. The van der Waals surface area contributed by atoms with Crippen LogP contribution < -0.4 is 19.5 Å². The molecule has 1 aliphatic heterocycles. The maximum Gasteiger partial charge on any atom is 0.226 e. The molecule has 28 heavy (non-hydrogen) atoms. The number of benzene rings is 2. The third kappa shape index (κ3) is 3.05. The van der Waals surface area contributed by atoms with E-state index in [9.17, 15) is 4.79 Å². The van der Waals surface area contributed by atoms with Crippen LogP contribution in [0, 0.1) is 0 Å². The molecule has 1 N–H and O–H groups in total. The monoisotopic (exact) mass is 379 g/mol. The highest BCUT2D eigenvalue weighted by molar-refractivity contribution is 5.94. The Hall–Kier alpha value is -3.48. The molecule has 1 atom stereocenters. The largest absolute Gasteiger partial charge is 0.497 e. The summed E-state index contributed by atoms with van der Waals surface area (Å²) in [7, 11) is 4.84. The van der Waals surface area contributed by atoms with Gasteiger partial charge in [0.05, 0.1) is 32.7 Å². The maximum atomic E-state index is 12.5. The van der Waals surface area contributed by atoms with Crippen LogP contribution in [0.15, 0.2) is 48.8 Å². The Morgan fingerprint density at radius 3 is 2.57 bits per heavy atom. The first-order valence-corrected chi connectivity index (χ1v) is 8.88. The van der Waals surface area contributed by atoms with Crippen molar-refractivity contribution in [3.05, 3.63) is 60.0 Å². The second-order valence-corrected chi connectivity index (χ2v) is 6.46. The minimum atomic E-state index is -0.212. The van der Waals surface area contributed by atoms with E-state index in [2.05, 4.69) is 10.3 Å². The number of amides is 1. The van der Waals surface area contributed by atoms with Crippen LogP contribution in [0.3, 0.4) is 0 Å². The molecule has 0 saturated carbocycles. The van der Waals surface area contributed by atoms with Crippen LogP contribution in [0.2, 0.25) is 0 Å². The van der Waals surface area contributed by atoms with Crippen molar-refractivity contribution < 1.29 is 19.0 Å². The Labute approximate surface area is 162 Å². The first-order valence-electron chi connectivity index (χ1n) is 8.88. The Morgan fingerprint density at radius 1 is 1.04 bits per heavy atom. The zero-order valence-corrected chi connectivity index (χ0v) is 15.9. The van der Waals surface area contributed by atoms with E-state index in [1.807, 2.05) is 47.0 Å². The van der Waals surface area contributed by atoms with Crippen LogP contribution in [-0.2, 0) is 4.79 Å². The molecular weight excluding hydrogens is 358 g/mol. The lowest BCUT2D eigenvalue weighted by atomic mass is 9.89. The molecule has 0 unspecified atom stereocenters. The molecule has 7 nitrogen and oxygen atoms in total. The molecule has 4 rings (SSSR count). The molecule has 1 aliphatic rings. The smallest absolute Gasteiger partial charge is 0.226 e. The highest BCUT2D eigenvalue weighted by Gasteiger charge is 2.32. The molecular formula is C21H21N3O4. The van der Waals surface area contributed by atoms with Crippen molar-refractivity contribution in [3.8, 4) is 22.9 Å². The van der Waals surface area contributed by atoms with E-state index in [1.165, 1.54) is 0 Å². The number of carbonyl (C=O) groups is 1. The summed E-state index contributed by atoms with van der Waals surface area (Å²) in [6.45, 7) is 0. The van der Waals surface area contributed by atoms with Crippen LogP contribution in [-0.4, -0.2) is 36.8 Å². The average molecular weight is 379 g/mol. The predicted molar refractivity (Wildman–Crippen MR) is 105 cm³/mol. The van der Waals surface area contributed by atoms with E-state index in [0.29, 0.717) is 23.7 Å². The fourth-order valence-electron chi connectivity index (χ4n) is 3.53. The first kappa shape index (κ1) is 17.9. The molecule has 0 saturated heterocycles. The van der Waals surface area contributed by atoms with Crippen LogP contribution in [0.25, 0.3) is 5.69 Å². The molecule has 0 spiro atoms. The molecule has 0 radical (unpaired) electrons. The van der Waals surface area contributed by atoms with E-state index in [-0.39, 0.29) is 11.8 Å². The quantitative estimate of drug-likeness (QED) is 0.736. The summed E-state index contributed by atoms with van der Waals surface area (Å²) in [5.74, 6) is 2.48. The van der Waals surface area contributed by atoms with Crippen molar-refractivity contribution in [2.24, 2.45) is 0 Å². The number of hydrogen-bond acceptors (Lipinski definition) is 5. The number of nitrogens with zero attached hydrogens (tertiary/aromatic N) is 2. The zero-order valence-electron chi connectivity index (χ0n) is 15.9. The summed E-state index contributed by atoms with van der Waals surface area (Å²) in [5, 5.41) is 2.96. The van der Waals surface area contributed by atoms with Crippen molar-refractivity contribution in [3.63, 3.8) is 0 Å². The lowest BCUT2D eigenvalue weighted by Crippen LogP contribution is -2.25. The van der Waals surface area contributed by atoms with E-state index in [4.69, 9.17) is 14.2 Å². The minimum absolute atomic E-state index is 0.0694. The molecule has 0 fully saturated rings. The van der Waals surface area contributed by atoms with E-state index >= 15 is 0 Å². The first-order chi connectivity index (χ1) is 13.6. The van der Waals surface area contributed by atoms with E-state index in [1.54, 1.807) is 27.7 Å². The molecule has 2 aromatic carbocycles. The van der Waals surface area contributed by atoms with Crippen LogP contribution in [0.5, 0.6) is 17.2 Å². The second-order valence-electron chi connectivity index (χ2n) is 6.46. The maximum absolute atomic E-state index is 12.5. The van der Waals surface area contributed by atoms with Gasteiger partial charge < -0.3 is 19.5 Å². The number of rotatable bonds is 5. The topological polar surface area (TPSA) is 74.6 Å². The standard InChI is InChI=1S/C21H21N3O4/c1-26-14-6-4-5-13(9-14)24-12-22-20-17(11-19(25)23-21(20)24)16-8-7-15(27-2)10-18(16)28-3/h4-10,12,17H,11H2,1-3H3,(H,23,25)/t17-/m1/s1. The number of carbonyl (C=O) groups excluding carboxylic acids is 1. The lowest BCUT2D eigenvalue weighted by Gasteiger charge is -2.25. The SMILES string of the molecule is COc1cccc(-n2cnc3c2NC(=O)C[C@@H]3c2ccc(OC)cc2OC)c1. The molecule has 1 amide bonds. The molecule has 2 heterocycles. The summed E-state index contributed by atoms with van der Waals surface area (Å²) in [5.41, 5.74) is 2.55. The van der Waals surface area contributed by atoms with Gasteiger partial charge in [-0.1, -0.05) is 12.1 Å². The molecule has 3 aromatic rings. The number of fused-ring (bicyclic) bond motifs is 1. The van der Waals surface area contributed by atoms with Gasteiger partial charge in [-0.3, -0.25) is 9.36 Å². The Kier molecular flexibility index (Phi) is 4.65. The molecule has 144 valence electrons. The molecule has 0 bridgehead atoms. The zero-order chi connectivity index (χ0) is 19.7. The fraction of sp³-hybridized carbons (Fsp3) is 0.238. The van der Waals surface area contributed by atoms with Crippen LogP contribution in [0.1, 0.15) is 23.6 Å². The summed E-state index contributed by atoms with van der Waals surface area (Å²) in [4.78, 5) is 17.1. The average Bonchev–Trinajstić information content (AvgIpc) is 3.16. The van der Waals surface area contributed by atoms with E-state index in [0.717, 1.165) is 22.7 Å². The number of nitrogens with one attached hydrogen (secondary N) is 1. The lowest BCUT2D eigenvalue weighted by molar-refractivity contribution is -0.116. The van der Waals surface area contributed by atoms with Gasteiger partial charge in [-0.25, -0.2) is 4.98 Å². The van der Waals surface area contributed by atoms with Crippen molar-refractivity contribution in [1.82, 2.24) is 9.55 Å². The van der Waals surface area contributed by atoms with Crippen molar-refractivity contribution in [1.29, 1.82) is 0 Å². The Morgan fingerprint density at radius 2 is 1.82 bits per heavy atom. The number of ether oxygens (including phenoxy) is 3. The highest BCUT2D eigenvalue weighted by atomic mass is 16.5. The number of methoxy groups -OCH3 is 3. The van der Waals surface area contributed by atoms with Crippen LogP contribution in [0.4, 0.5) is 5.82 Å². The van der Waals surface area contributed by atoms with Gasteiger partial charge in [-0.2, -0.15) is 0 Å². The number of hydrogen-bond donors (Lipinski definition) is 1. The normalized spacial score (nSPS) is 15.5. The Balaban J connectivity index is 1.81. The number of anilines is 1. The number of imidazole rings is 1. The van der Waals surface area contributed by atoms with Gasteiger partial charge in [0, 0.05) is 30.0 Å². The van der Waals surface area contributed by atoms with Gasteiger partial charge >= 0.3 is 0 Å². The summed E-state index contributed by atoms with van der Waals surface area (Å²) in [6.07, 6.45) is 2.01. The molecule has 0 aliphatic carbocycles. The minimum Gasteiger partial charge on any atom is -0.497 e. The predicted octanol–water partition coefficient (Wildman–Crippen LogP) is 3.37. The van der Waals surface area contributed by atoms with E-state index < -0.39 is 0 Å².